The van der Waals surface area contributed by atoms with Crippen LogP contribution in [0.1, 0.15) is 30.4 Å². The maximum Gasteiger partial charge on any atom is 0.160 e. The van der Waals surface area contributed by atoms with Gasteiger partial charge in [-0.15, -0.1) is 0 Å². The second-order valence-electron chi connectivity index (χ2n) is 6.89. The summed E-state index contributed by atoms with van der Waals surface area (Å²) < 4.78 is 16.4. The highest BCUT2D eigenvalue weighted by Crippen LogP contribution is 2.47. The fraction of sp³-hybridized carbons (Fsp3) is 0.238. The van der Waals surface area contributed by atoms with E-state index in [0.717, 1.165) is 23.1 Å². The van der Waals surface area contributed by atoms with Crippen LogP contribution >= 0.6 is 11.8 Å². The zero-order valence-corrected chi connectivity index (χ0v) is 15.7. The minimum atomic E-state index is -0.229. The Hall–Kier alpha value is -2.60. The van der Waals surface area contributed by atoms with E-state index in [1.165, 1.54) is 6.07 Å². The molecule has 0 saturated carbocycles. The van der Waals surface area contributed by atoms with Gasteiger partial charge >= 0.3 is 0 Å². The summed E-state index contributed by atoms with van der Waals surface area (Å²) >= 11 is 1.81. The van der Waals surface area contributed by atoms with Crippen molar-refractivity contribution < 1.29 is 4.39 Å². The van der Waals surface area contributed by atoms with E-state index in [2.05, 4.69) is 22.9 Å². The van der Waals surface area contributed by atoms with Crippen LogP contribution in [-0.4, -0.2) is 31.4 Å². The molecule has 27 heavy (non-hydrogen) atoms. The van der Waals surface area contributed by atoms with Crippen molar-refractivity contribution in [3.05, 3.63) is 84.2 Å². The lowest BCUT2D eigenvalue weighted by molar-refractivity contribution is 0.312. The summed E-state index contributed by atoms with van der Waals surface area (Å²) in [5.41, 5.74) is 2.54. The third kappa shape index (κ3) is 2.75. The number of para-hydroxylation sites is 1. The molecule has 0 spiro atoms. The Labute approximate surface area is 161 Å². The average molecular weight is 378 g/mol. The number of hydrogen-bond donors (Lipinski definition) is 0. The minimum Gasteiger partial charge on any atom is -0.339 e. The van der Waals surface area contributed by atoms with Crippen molar-refractivity contribution in [2.45, 2.75) is 24.3 Å². The lowest BCUT2D eigenvalue weighted by Gasteiger charge is -2.28. The molecule has 1 aromatic carbocycles. The van der Waals surface area contributed by atoms with Gasteiger partial charge in [0.2, 0.25) is 0 Å². The van der Waals surface area contributed by atoms with Gasteiger partial charge in [0, 0.05) is 29.9 Å². The molecule has 0 aliphatic carbocycles. The number of nitrogens with zero attached hydrogens (tertiary/aromatic N) is 4. The molecule has 0 radical (unpaired) electrons. The molecule has 2 aromatic heterocycles. The third-order valence-electron chi connectivity index (χ3n) is 5.08. The molecule has 4 heterocycles. The molecule has 136 valence electrons. The molecular formula is C21H19FN4S. The molecule has 0 amide bonds. The molecule has 3 atom stereocenters. The summed E-state index contributed by atoms with van der Waals surface area (Å²) in [6, 6.07) is 16.8. The molecule has 2 aliphatic heterocycles. The highest BCUT2D eigenvalue weighted by Gasteiger charge is 2.44. The van der Waals surface area contributed by atoms with Crippen LogP contribution in [-0.2, 0) is 0 Å². The normalized spacial score (nSPS) is 24.1. The molecule has 2 aliphatic rings. The van der Waals surface area contributed by atoms with E-state index < -0.39 is 0 Å². The Morgan fingerprint density at radius 2 is 1.93 bits per heavy atom. The van der Waals surface area contributed by atoms with Crippen LogP contribution in [0.2, 0.25) is 0 Å². The maximum atomic E-state index is 14.5. The monoisotopic (exact) mass is 378 g/mol. The Kier molecular flexibility index (Phi) is 4.01. The molecule has 1 saturated heterocycles. The van der Waals surface area contributed by atoms with Gasteiger partial charge in [0.25, 0.3) is 0 Å². The highest BCUT2D eigenvalue weighted by molar-refractivity contribution is 8.14. The van der Waals surface area contributed by atoms with Gasteiger partial charge in [-0.25, -0.2) is 4.39 Å². The first-order valence-electron chi connectivity index (χ1n) is 9.06. The number of hydrogen-bond acceptors (Lipinski definition) is 4. The van der Waals surface area contributed by atoms with Crippen LogP contribution in [0.3, 0.4) is 0 Å². The second-order valence-corrected chi connectivity index (χ2v) is 8.30. The SMILES string of the molecule is C[C@@H]1CN2C(=N[C@H](c3ccccn3)[C@@H]2c2cccn2-c2ccccc2F)S1. The average Bonchev–Trinajstić information content (AvgIpc) is 3.36. The van der Waals surface area contributed by atoms with Gasteiger partial charge in [-0.05, 0) is 36.4 Å². The number of aliphatic imine (C=N–C) groups is 1. The largest absolute Gasteiger partial charge is 0.339 e. The number of aromatic nitrogens is 2. The zero-order chi connectivity index (χ0) is 18.4. The molecule has 1 fully saturated rings. The third-order valence-corrected chi connectivity index (χ3v) is 6.18. The summed E-state index contributed by atoms with van der Waals surface area (Å²) in [7, 11) is 0. The molecule has 0 unspecified atom stereocenters. The lowest BCUT2D eigenvalue weighted by Crippen LogP contribution is -2.30. The van der Waals surface area contributed by atoms with Crippen molar-refractivity contribution in [1.82, 2.24) is 14.5 Å². The van der Waals surface area contributed by atoms with E-state index >= 15 is 0 Å². The minimum absolute atomic E-state index is 0.00181. The number of halogens is 1. The Bertz CT molecular complexity index is 1000. The summed E-state index contributed by atoms with van der Waals surface area (Å²) in [4.78, 5) is 11.9. The van der Waals surface area contributed by atoms with Crippen LogP contribution < -0.4 is 0 Å². The van der Waals surface area contributed by atoms with Crippen molar-refractivity contribution >= 4 is 16.9 Å². The molecule has 0 bridgehead atoms. The highest BCUT2D eigenvalue weighted by atomic mass is 32.2. The summed E-state index contributed by atoms with van der Waals surface area (Å²) in [6.07, 6.45) is 3.73. The second kappa shape index (κ2) is 6.53. The molecule has 6 heteroatoms. The van der Waals surface area contributed by atoms with E-state index in [0.29, 0.717) is 10.9 Å². The van der Waals surface area contributed by atoms with E-state index in [4.69, 9.17) is 4.99 Å². The van der Waals surface area contributed by atoms with Crippen molar-refractivity contribution in [2.75, 3.05) is 6.54 Å². The predicted octanol–water partition coefficient (Wildman–Crippen LogP) is 4.60. The van der Waals surface area contributed by atoms with Gasteiger partial charge in [0.15, 0.2) is 5.17 Å². The number of amidine groups is 1. The fourth-order valence-corrected chi connectivity index (χ4v) is 5.03. The Balaban J connectivity index is 1.63. The Morgan fingerprint density at radius 1 is 1.07 bits per heavy atom. The van der Waals surface area contributed by atoms with Gasteiger partial charge in [-0.2, -0.15) is 0 Å². The van der Waals surface area contributed by atoms with Crippen LogP contribution in [0.15, 0.2) is 72.0 Å². The first-order valence-corrected chi connectivity index (χ1v) is 9.94. The standard InChI is InChI=1S/C21H19FN4S/c1-14-13-26-20(19(24-21(26)27-14)16-8-4-5-11-23-16)18-10-6-12-25(18)17-9-3-2-7-15(17)22/h2-12,14,19-20H,13H2,1H3/t14-,19-,20+/m1/s1. The van der Waals surface area contributed by atoms with E-state index in [1.807, 2.05) is 53.4 Å². The topological polar surface area (TPSA) is 33.4 Å². The van der Waals surface area contributed by atoms with E-state index in [1.54, 1.807) is 17.8 Å². The van der Waals surface area contributed by atoms with Crippen molar-refractivity contribution in [3.63, 3.8) is 0 Å². The van der Waals surface area contributed by atoms with Gasteiger partial charge < -0.3 is 9.47 Å². The smallest absolute Gasteiger partial charge is 0.160 e. The molecule has 4 nitrogen and oxygen atoms in total. The van der Waals surface area contributed by atoms with Crippen molar-refractivity contribution in [1.29, 1.82) is 0 Å². The van der Waals surface area contributed by atoms with E-state index in [-0.39, 0.29) is 17.9 Å². The van der Waals surface area contributed by atoms with Crippen molar-refractivity contribution in [2.24, 2.45) is 4.99 Å². The van der Waals surface area contributed by atoms with Gasteiger partial charge in [0.05, 0.1) is 17.4 Å². The molecule has 5 rings (SSSR count). The van der Waals surface area contributed by atoms with Gasteiger partial charge in [-0.1, -0.05) is 36.9 Å². The summed E-state index contributed by atoms with van der Waals surface area (Å²) in [6.45, 7) is 3.15. The number of pyridine rings is 1. The zero-order valence-electron chi connectivity index (χ0n) is 14.9. The lowest BCUT2D eigenvalue weighted by atomic mass is 10.0. The Morgan fingerprint density at radius 3 is 2.74 bits per heavy atom. The first kappa shape index (κ1) is 16.6. The quantitative estimate of drug-likeness (QED) is 0.668. The molecule has 3 aromatic rings. The van der Waals surface area contributed by atoms with Crippen LogP contribution in [0.5, 0.6) is 0 Å². The van der Waals surface area contributed by atoms with E-state index in [9.17, 15) is 4.39 Å². The number of fused-ring (bicyclic) bond motifs is 1. The number of thioether (sulfide) groups is 1. The van der Waals surface area contributed by atoms with Crippen molar-refractivity contribution in [3.8, 4) is 5.69 Å². The van der Waals surface area contributed by atoms with Crippen LogP contribution in [0, 0.1) is 5.82 Å². The number of rotatable bonds is 3. The molecule has 0 N–H and O–H groups in total. The summed E-state index contributed by atoms with van der Waals surface area (Å²) in [5, 5.41) is 1.55. The fourth-order valence-electron chi connectivity index (χ4n) is 3.94. The predicted molar refractivity (Wildman–Crippen MR) is 107 cm³/mol. The maximum absolute atomic E-state index is 14.5. The van der Waals surface area contributed by atoms with Gasteiger partial charge in [0.1, 0.15) is 11.9 Å². The summed E-state index contributed by atoms with van der Waals surface area (Å²) in [5.74, 6) is -0.229. The van der Waals surface area contributed by atoms with Crippen LogP contribution in [0.25, 0.3) is 5.69 Å². The molecular weight excluding hydrogens is 359 g/mol. The number of benzene rings is 1. The first-order chi connectivity index (χ1) is 13.2. The van der Waals surface area contributed by atoms with Crippen LogP contribution in [0.4, 0.5) is 4.39 Å². The van der Waals surface area contributed by atoms with Gasteiger partial charge in [-0.3, -0.25) is 9.98 Å².